The fraction of sp³-hybridized carbons (Fsp3) is 0.613. The topological polar surface area (TPSA) is 250 Å². The third kappa shape index (κ3) is 13.0. The fourth-order valence-corrected chi connectivity index (χ4v) is 13.3. The van der Waals surface area contributed by atoms with Crippen molar-refractivity contribution < 1.29 is 38.9 Å². The number of methoxy groups -OCH3 is 2. The molecular weight excluding hydrogens is 1080 g/mol. The molecule has 23 heteroatoms. The number of ether oxygens (including phenoxy) is 2. The molecule has 11 rings (SSSR count). The van der Waals surface area contributed by atoms with Crippen molar-refractivity contribution in [1.29, 1.82) is 0 Å². The van der Waals surface area contributed by atoms with Crippen molar-refractivity contribution in [1.82, 2.24) is 45.3 Å². The van der Waals surface area contributed by atoms with Gasteiger partial charge in [-0.2, -0.15) is 9.97 Å². The van der Waals surface area contributed by atoms with Gasteiger partial charge in [-0.25, -0.2) is 9.97 Å². The first-order valence-corrected chi connectivity index (χ1v) is 30.9. The van der Waals surface area contributed by atoms with E-state index in [2.05, 4.69) is 53.0 Å². The molecule has 23 nitrogen and oxygen atoms in total. The van der Waals surface area contributed by atoms with Gasteiger partial charge in [0.2, 0.25) is 23.3 Å². The highest BCUT2D eigenvalue weighted by Crippen LogP contribution is 2.45. The predicted octanol–water partition coefficient (Wildman–Crippen LogP) is 6.46. The van der Waals surface area contributed by atoms with Gasteiger partial charge in [0.1, 0.15) is 22.9 Å². The number of anilines is 8. The van der Waals surface area contributed by atoms with E-state index in [-0.39, 0.29) is 60.7 Å². The Morgan fingerprint density at radius 1 is 0.635 bits per heavy atom. The molecule has 3 saturated carbocycles. The molecule has 4 amide bonds. The standard InChI is InChI=1S/C34H50N8O4.C28H39N7O4/c1-6-34(45)32(44)39(4)28-20-35-33(38-30(28)42(34)22(2)3)37-27-14-9-24(19-29(27)46-5)31(43)36-25-10-12-26(13-11-25)41-17-15-40(16-18-41)21-23-7-8-23;1-5-28(38)26(37)34(3)22-17-29-27(32-24(22)35(28)20-8-6-7-9-20)31-21-11-10-18(16-23(21)39-4)25(36)30-19-12-14-33(2)15-13-19/h9,14,19-20,22-23,25-26,45H,6-8,10-13,15-18,21H2,1-5H3,(H,36,43)(H,35,37,38);10-11,16-17,19-20,38H,5-9,12-15H2,1-4H3,(H,30,36)(H,29,31,32). The highest BCUT2D eigenvalue weighted by molar-refractivity contribution is 6.07. The highest BCUT2D eigenvalue weighted by atomic mass is 16.5. The number of benzene rings is 2. The number of amides is 4. The van der Waals surface area contributed by atoms with Gasteiger partial charge in [0.25, 0.3) is 23.6 Å². The summed E-state index contributed by atoms with van der Waals surface area (Å²) in [5.74, 6) is 2.47. The van der Waals surface area contributed by atoms with Crippen molar-refractivity contribution in [2.24, 2.45) is 5.92 Å². The van der Waals surface area contributed by atoms with Crippen LogP contribution in [0, 0.1) is 5.92 Å². The summed E-state index contributed by atoms with van der Waals surface area (Å²) in [6.45, 7) is 15.3. The Balaban J connectivity index is 0.000000192. The molecule has 7 aliphatic rings. The molecule has 6 N–H and O–H groups in total. The lowest BCUT2D eigenvalue weighted by molar-refractivity contribution is -0.138. The van der Waals surface area contributed by atoms with E-state index in [1.54, 1.807) is 93.8 Å². The van der Waals surface area contributed by atoms with Gasteiger partial charge in [-0.05, 0) is 141 Å². The number of piperidine rings is 1. The van der Waals surface area contributed by atoms with Crippen LogP contribution in [0.15, 0.2) is 48.8 Å². The van der Waals surface area contributed by atoms with Gasteiger partial charge in [-0.3, -0.25) is 24.1 Å². The maximum atomic E-state index is 13.3. The Hall–Kier alpha value is -6.92. The van der Waals surface area contributed by atoms with Gasteiger partial charge < -0.3 is 70.4 Å². The average Bonchev–Trinajstić information content (AvgIpc) is 2.00. The maximum absolute atomic E-state index is 13.3. The Kier molecular flexibility index (Phi) is 18.7. The molecule has 0 radical (unpaired) electrons. The van der Waals surface area contributed by atoms with Gasteiger partial charge in [0, 0.05) is 101 Å². The summed E-state index contributed by atoms with van der Waals surface area (Å²) in [5.41, 5.74) is -0.0539. The maximum Gasteiger partial charge on any atom is 0.280 e. The normalized spacial score (nSPS) is 24.4. The van der Waals surface area contributed by atoms with Crippen LogP contribution in [-0.4, -0.2) is 191 Å². The number of nitrogens with one attached hydrogen (secondary N) is 4. The van der Waals surface area contributed by atoms with E-state index in [4.69, 9.17) is 19.4 Å². The first kappa shape index (κ1) is 61.2. The number of rotatable bonds is 17. The molecule has 4 aromatic rings. The molecule has 2 atom stereocenters. The van der Waals surface area contributed by atoms with Crippen LogP contribution in [0.5, 0.6) is 11.5 Å². The van der Waals surface area contributed by atoms with Crippen molar-refractivity contribution in [2.75, 3.05) is 111 Å². The molecule has 2 aromatic carbocycles. The molecule has 0 bridgehead atoms. The zero-order valence-electron chi connectivity index (χ0n) is 51.2. The summed E-state index contributed by atoms with van der Waals surface area (Å²) in [6.07, 6.45) is 16.4. The first-order chi connectivity index (χ1) is 40.8. The largest absolute Gasteiger partial charge is 0.495 e. The van der Waals surface area contributed by atoms with Gasteiger partial charge in [-0.1, -0.05) is 26.7 Å². The van der Waals surface area contributed by atoms with E-state index in [1.165, 1.54) is 55.4 Å². The van der Waals surface area contributed by atoms with Crippen LogP contribution < -0.4 is 50.3 Å². The van der Waals surface area contributed by atoms with Crippen LogP contribution in [0.4, 0.5) is 46.3 Å². The second-order valence-electron chi connectivity index (χ2n) is 24.5. The number of likely N-dealkylation sites (tertiary alicyclic amines) is 1. The van der Waals surface area contributed by atoms with E-state index >= 15 is 0 Å². The zero-order chi connectivity index (χ0) is 60.3. The average molecular weight is 1170 g/mol. The summed E-state index contributed by atoms with van der Waals surface area (Å²) in [5, 5.41) is 35.7. The van der Waals surface area contributed by atoms with Crippen LogP contribution in [0.1, 0.15) is 138 Å². The third-order valence-electron chi connectivity index (χ3n) is 18.6. The molecule has 2 unspecified atom stereocenters. The molecule has 85 heavy (non-hydrogen) atoms. The number of likely N-dealkylation sites (N-methyl/N-ethyl adjacent to an activating group) is 2. The summed E-state index contributed by atoms with van der Waals surface area (Å²) in [6, 6.07) is 11.3. The molecular formula is C62H89N15O8. The number of fused-ring (bicyclic) bond motifs is 2. The minimum Gasteiger partial charge on any atom is -0.495 e. The van der Waals surface area contributed by atoms with Crippen LogP contribution >= 0.6 is 0 Å². The molecule has 5 fully saturated rings. The number of aromatic nitrogens is 4. The first-order valence-electron chi connectivity index (χ1n) is 30.9. The van der Waals surface area contributed by atoms with Crippen molar-refractivity contribution in [3.63, 3.8) is 0 Å². The van der Waals surface area contributed by atoms with E-state index in [0.29, 0.717) is 69.0 Å². The molecule has 6 heterocycles. The molecule has 460 valence electrons. The van der Waals surface area contributed by atoms with Crippen LogP contribution in [-0.2, 0) is 9.59 Å². The second kappa shape index (κ2) is 26.0. The highest BCUT2D eigenvalue weighted by Gasteiger charge is 2.53. The number of hydrogen-bond acceptors (Lipinski definition) is 19. The van der Waals surface area contributed by atoms with E-state index in [1.807, 2.05) is 20.8 Å². The smallest absolute Gasteiger partial charge is 0.280 e. The Bertz CT molecular complexity index is 3050. The van der Waals surface area contributed by atoms with Crippen LogP contribution in [0.25, 0.3) is 0 Å². The van der Waals surface area contributed by atoms with Gasteiger partial charge >= 0.3 is 0 Å². The Morgan fingerprint density at radius 2 is 1.13 bits per heavy atom. The van der Waals surface area contributed by atoms with Gasteiger partial charge in [0.15, 0.2) is 11.6 Å². The molecule has 3 aliphatic carbocycles. The number of carbonyl (C=O) groups excluding carboxylic acids is 4. The minimum absolute atomic E-state index is 0.0194. The summed E-state index contributed by atoms with van der Waals surface area (Å²) >= 11 is 0. The van der Waals surface area contributed by atoms with Crippen molar-refractivity contribution in [3.8, 4) is 11.5 Å². The minimum atomic E-state index is -1.71. The zero-order valence-corrected chi connectivity index (χ0v) is 51.2. The Labute approximate surface area is 500 Å². The van der Waals surface area contributed by atoms with E-state index < -0.39 is 17.4 Å². The van der Waals surface area contributed by atoms with Crippen molar-refractivity contribution in [3.05, 3.63) is 59.9 Å². The lowest BCUT2D eigenvalue weighted by Gasteiger charge is -2.48. The second-order valence-corrected chi connectivity index (χ2v) is 24.5. The number of aliphatic hydroxyl groups is 2. The van der Waals surface area contributed by atoms with Crippen LogP contribution in [0.3, 0.4) is 0 Å². The molecule has 4 aliphatic heterocycles. The summed E-state index contributed by atoms with van der Waals surface area (Å²) in [4.78, 5) is 84.7. The van der Waals surface area contributed by atoms with E-state index in [9.17, 15) is 29.4 Å². The Morgan fingerprint density at radius 3 is 1.62 bits per heavy atom. The molecule has 2 saturated heterocycles. The molecule has 2 aromatic heterocycles. The van der Waals surface area contributed by atoms with Crippen LogP contribution in [0.2, 0.25) is 0 Å². The van der Waals surface area contributed by atoms with Gasteiger partial charge in [0.05, 0.1) is 38.0 Å². The number of nitrogens with zero attached hydrogens (tertiary/aromatic N) is 11. The quantitative estimate of drug-likeness (QED) is 0.0663. The molecule has 0 spiro atoms. The summed E-state index contributed by atoms with van der Waals surface area (Å²) in [7, 11) is 8.46. The van der Waals surface area contributed by atoms with E-state index in [0.717, 1.165) is 83.2 Å². The summed E-state index contributed by atoms with van der Waals surface area (Å²) < 4.78 is 11.3. The monoisotopic (exact) mass is 1170 g/mol. The number of hydrogen-bond donors (Lipinski definition) is 6. The fourth-order valence-electron chi connectivity index (χ4n) is 13.3. The van der Waals surface area contributed by atoms with Crippen molar-refractivity contribution in [2.45, 2.75) is 159 Å². The predicted molar refractivity (Wildman–Crippen MR) is 329 cm³/mol. The number of piperazine rings is 1. The van der Waals surface area contributed by atoms with Crippen molar-refractivity contribution >= 4 is 69.9 Å². The van der Waals surface area contributed by atoms with Gasteiger partial charge in [-0.15, -0.1) is 0 Å². The number of carbonyl (C=O) groups is 4. The lowest BCUT2D eigenvalue weighted by Crippen LogP contribution is -2.65. The third-order valence-corrected chi connectivity index (χ3v) is 18.6. The SMILES string of the molecule is CCC1(O)C(=O)N(C)c2cnc(Nc3ccc(C(=O)NC4CCC(N5CCN(CC6CC6)CC5)CC4)cc3OC)nc2N1C(C)C.CCC1(O)C(=O)N(C)c2cnc(Nc3ccc(C(=O)NC4CCN(C)CC4)cc3OC)nc2N1C1CCCC1. The lowest BCUT2D eigenvalue weighted by atomic mass is 9.89.